The van der Waals surface area contributed by atoms with Crippen LogP contribution in [0.4, 0.5) is 32.0 Å². The zero-order chi connectivity index (χ0) is 27.5. The number of nitrogens with one attached hydrogen (secondary N) is 1. The Labute approximate surface area is 215 Å². The Morgan fingerprint density at radius 1 is 0.842 bits per heavy atom. The summed E-state index contributed by atoms with van der Waals surface area (Å²) in [6.45, 7) is 0. The molecule has 1 atom stereocenters. The summed E-state index contributed by atoms with van der Waals surface area (Å²) in [5, 5.41) is 12.8. The number of aliphatic hydroxyl groups is 1. The van der Waals surface area contributed by atoms with Crippen molar-refractivity contribution in [3.05, 3.63) is 118 Å². The van der Waals surface area contributed by atoms with Gasteiger partial charge in [0.05, 0.1) is 17.2 Å². The minimum Gasteiger partial charge on any atom is -0.393 e. The highest BCUT2D eigenvalue weighted by atomic mass is 19.4. The average molecular weight is 531 g/mol. The molecule has 0 fully saturated rings. The van der Waals surface area contributed by atoms with E-state index in [-0.39, 0.29) is 0 Å². The molecular formula is C29H23F6NO2. The molecule has 0 saturated heterocycles. The van der Waals surface area contributed by atoms with Crippen molar-refractivity contribution in [1.82, 2.24) is 0 Å². The van der Waals surface area contributed by atoms with Gasteiger partial charge in [0.15, 0.2) is 0 Å². The SMILES string of the molecule is O=C(/C=C/C=C(c1ccc(C(F)(F)F)cc1)c1ccc(C(F)(F)F)cc1)Nc1cccc2c1CC(O)CC2. The Bertz CT molecular complexity index is 1290. The molecule has 0 aromatic heterocycles. The van der Waals surface area contributed by atoms with Crippen LogP contribution in [0.2, 0.25) is 0 Å². The molecule has 1 unspecified atom stereocenters. The molecule has 9 heteroatoms. The Morgan fingerprint density at radius 2 is 1.39 bits per heavy atom. The van der Waals surface area contributed by atoms with Crippen molar-refractivity contribution >= 4 is 17.2 Å². The number of anilines is 1. The lowest BCUT2D eigenvalue weighted by Gasteiger charge is -2.23. The third-order valence-electron chi connectivity index (χ3n) is 6.27. The maximum Gasteiger partial charge on any atom is 0.416 e. The van der Waals surface area contributed by atoms with Crippen molar-refractivity contribution in [3.63, 3.8) is 0 Å². The standard InChI is InChI=1S/C29H23F6NO2/c30-28(31,32)21-12-7-19(8-13-21)24(20-9-14-22(15-10-20)29(33,34)35)4-2-6-27(38)36-26-5-1-3-18-11-16-23(37)17-25(18)26/h1-10,12-15,23,37H,11,16-17H2,(H,36,38)/b6-2+. The first kappa shape index (κ1) is 27.2. The average Bonchev–Trinajstić information content (AvgIpc) is 2.86. The van der Waals surface area contributed by atoms with E-state index in [2.05, 4.69) is 5.32 Å². The third-order valence-corrected chi connectivity index (χ3v) is 6.27. The van der Waals surface area contributed by atoms with Gasteiger partial charge in [-0.15, -0.1) is 0 Å². The topological polar surface area (TPSA) is 49.3 Å². The molecule has 4 rings (SSSR count). The minimum atomic E-state index is -4.54. The van der Waals surface area contributed by atoms with E-state index in [0.717, 1.165) is 35.4 Å². The summed E-state index contributed by atoms with van der Waals surface area (Å²) in [6.07, 6.45) is -3.76. The van der Waals surface area contributed by atoms with E-state index in [1.807, 2.05) is 12.1 Å². The second kappa shape index (κ2) is 10.9. The lowest BCUT2D eigenvalue weighted by atomic mass is 9.88. The van der Waals surface area contributed by atoms with Crippen molar-refractivity contribution < 1.29 is 36.2 Å². The van der Waals surface area contributed by atoms with E-state index in [9.17, 15) is 36.2 Å². The number of halogens is 6. The normalized spacial score (nSPS) is 15.7. The van der Waals surface area contributed by atoms with Gasteiger partial charge in [0.1, 0.15) is 0 Å². The highest BCUT2D eigenvalue weighted by Gasteiger charge is 2.31. The zero-order valence-electron chi connectivity index (χ0n) is 19.9. The molecule has 1 aliphatic carbocycles. The van der Waals surface area contributed by atoms with E-state index in [0.29, 0.717) is 41.6 Å². The van der Waals surface area contributed by atoms with E-state index < -0.39 is 35.5 Å². The number of alkyl halides is 6. The van der Waals surface area contributed by atoms with Crippen molar-refractivity contribution in [3.8, 4) is 0 Å². The van der Waals surface area contributed by atoms with E-state index in [1.165, 1.54) is 42.5 Å². The predicted octanol–water partition coefficient (Wildman–Crippen LogP) is 7.20. The third kappa shape index (κ3) is 6.52. The summed E-state index contributed by atoms with van der Waals surface area (Å²) in [5.74, 6) is -0.478. The number of carbonyl (C=O) groups excluding carboxylic acids is 1. The van der Waals surface area contributed by atoms with Crippen LogP contribution in [0.5, 0.6) is 0 Å². The Balaban J connectivity index is 1.61. The summed E-state index contributed by atoms with van der Waals surface area (Å²) >= 11 is 0. The summed E-state index contributed by atoms with van der Waals surface area (Å²) in [5.41, 5.74) is 1.74. The smallest absolute Gasteiger partial charge is 0.393 e. The van der Waals surface area contributed by atoms with Crippen LogP contribution in [-0.2, 0) is 30.0 Å². The van der Waals surface area contributed by atoms with Crippen molar-refractivity contribution in [2.24, 2.45) is 0 Å². The van der Waals surface area contributed by atoms with Gasteiger partial charge in [-0.2, -0.15) is 26.3 Å². The van der Waals surface area contributed by atoms with Crippen LogP contribution in [0.1, 0.15) is 39.8 Å². The Morgan fingerprint density at radius 3 is 1.92 bits per heavy atom. The van der Waals surface area contributed by atoms with Crippen LogP contribution >= 0.6 is 0 Å². The van der Waals surface area contributed by atoms with Gasteiger partial charge in [0.25, 0.3) is 0 Å². The number of amides is 1. The Hall–Kier alpha value is -3.85. The first-order chi connectivity index (χ1) is 17.9. The Kier molecular flexibility index (Phi) is 7.78. The van der Waals surface area contributed by atoms with E-state index in [1.54, 1.807) is 6.07 Å². The lowest BCUT2D eigenvalue weighted by Crippen LogP contribution is -2.21. The highest BCUT2D eigenvalue weighted by Crippen LogP contribution is 2.34. The van der Waals surface area contributed by atoms with E-state index >= 15 is 0 Å². The maximum atomic E-state index is 13.0. The highest BCUT2D eigenvalue weighted by molar-refractivity contribution is 6.00. The summed E-state index contributed by atoms with van der Waals surface area (Å²) in [7, 11) is 0. The molecule has 0 heterocycles. The molecule has 1 aliphatic rings. The van der Waals surface area contributed by atoms with Crippen LogP contribution < -0.4 is 5.32 Å². The second-order valence-electron chi connectivity index (χ2n) is 8.92. The fourth-order valence-corrected chi connectivity index (χ4v) is 4.33. The number of allylic oxidation sites excluding steroid dienone is 2. The summed E-state index contributed by atoms with van der Waals surface area (Å²) in [6, 6.07) is 13.9. The monoisotopic (exact) mass is 531 g/mol. The van der Waals surface area contributed by atoms with Gasteiger partial charge in [-0.25, -0.2) is 0 Å². The van der Waals surface area contributed by atoms with Crippen molar-refractivity contribution in [2.45, 2.75) is 37.7 Å². The molecule has 0 aliphatic heterocycles. The number of aliphatic hydroxyl groups excluding tert-OH is 1. The zero-order valence-corrected chi connectivity index (χ0v) is 19.9. The molecule has 198 valence electrons. The van der Waals surface area contributed by atoms with Crippen LogP contribution in [0.15, 0.2) is 85.0 Å². The van der Waals surface area contributed by atoms with Crippen LogP contribution in [0.3, 0.4) is 0 Å². The van der Waals surface area contributed by atoms with Crippen LogP contribution in [0.25, 0.3) is 5.57 Å². The summed E-state index contributed by atoms with van der Waals surface area (Å²) in [4.78, 5) is 12.6. The number of aryl methyl sites for hydroxylation is 1. The molecule has 0 bridgehead atoms. The molecule has 3 aromatic carbocycles. The van der Waals surface area contributed by atoms with Gasteiger partial charge in [-0.3, -0.25) is 4.79 Å². The van der Waals surface area contributed by atoms with Crippen LogP contribution in [-0.4, -0.2) is 17.1 Å². The molecular weight excluding hydrogens is 508 g/mol. The van der Waals surface area contributed by atoms with Crippen molar-refractivity contribution in [2.75, 3.05) is 5.32 Å². The number of fused-ring (bicyclic) bond motifs is 1. The summed E-state index contributed by atoms with van der Waals surface area (Å²) < 4.78 is 78.0. The van der Waals surface area contributed by atoms with E-state index in [4.69, 9.17) is 0 Å². The molecule has 3 nitrogen and oxygen atoms in total. The second-order valence-corrected chi connectivity index (χ2v) is 8.92. The minimum absolute atomic E-state index is 0.328. The number of hydrogen-bond donors (Lipinski definition) is 2. The molecule has 0 spiro atoms. The van der Waals surface area contributed by atoms with Gasteiger partial charge < -0.3 is 10.4 Å². The number of hydrogen-bond acceptors (Lipinski definition) is 2. The largest absolute Gasteiger partial charge is 0.416 e. The van der Waals surface area contributed by atoms with Crippen molar-refractivity contribution in [1.29, 1.82) is 0 Å². The van der Waals surface area contributed by atoms with Gasteiger partial charge in [0.2, 0.25) is 5.91 Å². The number of rotatable bonds is 5. The molecule has 1 amide bonds. The van der Waals surface area contributed by atoms with Gasteiger partial charge in [-0.05, 0) is 71.0 Å². The molecule has 38 heavy (non-hydrogen) atoms. The fourth-order valence-electron chi connectivity index (χ4n) is 4.33. The molecule has 0 saturated carbocycles. The maximum absolute atomic E-state index is 13.0. The predicted molar refractivity (Wildman–Crippen MR) is 132 cm³/mol. The molecule has 3 aromatic rings. The quantitative estimate of drug-likeness (QED) is 0.208. The first-order valence-corrected chi connectivity index (χ1v) is 11.8. The van der Waals surface area contributed by atoms with Gasteiger partial charge in [-0.1, -0.05) is 48.6 Å². The van der Waals surface area contributed by atoms with Crippen LogP contribution in [0, 0.1) is 0 Å². The number of benzene rings is 3. The van der Waals surface area contributed by atoms with Gasteiger partial charge in [0, 0.05) is 18.2 Å². The fraction of sp³-hybridized carbons (Fsp3) is 0.207. The number of carbonyl (C=O) groups is 1. The molecule has 0 radical (unpaired) electrons. The van der Waals surface area contributed by atoms with Gasteiger partial charge >= 0.3 is 12.4 Å². The lowest BCUT2D eigenvalue weighted by molar-refractivity contribution is -0.138. The molecule has 2 N–H and O–H groups in total. The first-order valence-electron chi connectivity index (χ1n) is 11.8.